The summed E-state index contributed by atoms with van der Waals surface area (Å²) < 4.78 is 0. The number of nitrogens with zero attached hydrogens (tertiary/aromatic N) is 1. The lowest BCUT2D eigenvalue weighted by atomic mass is 10.2. The van der Waals surface area contributed by atoms with Crippen LogP contribution >= 0.6 is 11.3 Å². The van der Waals surface area contributed by atoms with Gasteiger partial charge in [-0.15, -0.1) is 11.3 Å². The number of aromatic nitrogens is 1. The number of thiazole rings is 1. The average molecular weight is 233 g/mol. The molecule has 1 aromatic carbocycles. The number of nitrogen functional groups attached to an aromatic ring is 1. The van der Waals surface area contributed by atoms with Crippen molar-refractivity contribution in [3.63, 3.8) is 0 Å². The summed E-state index contributed by atoms with van der Waals surface area (Å²) in [6, 6.07) is 6.01. The number of rotatable bonds is 3. The Balaban J connectivity index is 2.02. The normalized spacial score (nSPS) is 10.4. The van der Waals surface area contributed by atoms with E-state index in [2.05, 4.69) is 15.7 Å². The van der Waals surface area contributed by atoms with Crippen LogP contribution in [0.4, 0.5) is 11.4 Å². The number of nitrogens with two attached hydrogens (primary N) is 1. The van der Waals surface area contributed by atoms with Crippen molar-refractivity contribution >= 4 is 22.7 Å². The molecule has 0 aliphatic carbocycles. The van der Waals surface area contributed by atoms with Gasteiger partial charge in [0.25, 0.3) is 0 Å². The second kappa shape index (κ2) is 4.53. The van der Waals surface area contributed by atoms with Gasteiger partial charge in [-0.05, 0) is 31.5 Å². The Kier molecular flexibility index (Phi) is 3.10. The van der Waals surface area contributed by atoms with Crippen LogP contribution in [0.25, 0.3) is 0 Å². The van der Waals surface area contributed by atoms with E-state index in [0.29, 0.717) is 0 Å². The zero-order chi connectivity index (χ0) is 11.5. The van der Waals surface area contributed by atoms with E-state index in [1.54, 1.807) is 11.3 Å². The molecule has 16 heavy (non-hydrogen) atoms. The lowest BCUT2D eigenvalue weighted by Crippen LogP contribution is -2.00. The zero-order valence-corrected chi connectivity index (χ0v) is 10.3. The summed E-state index contributed by atoms with van der Waals surface area (Å²) in [5.74, 6) is 0. The third-order valence-corrected chi connectivity index (χ3v) is 3.36. The van der Waals surface area contributed by atoms with Crippen molar-refractivity contribution in [2.45, 2.75) is 20.4 Å². The minimum Gasteiger partial charge on any atom is -0.398 e. The van der Waals surface area contributed by atoms with E-state index >= 15 is 0 Å². The van der Waals surface area contributed by atoms with Crippen molar-refractivity contribution in [2.24, 2.45) is 0 Å². The summed E-state index contributed by atoms with van der Waals surface area (Å²) in [6.45, 7) is 4.76. The van der Waals surface area contributed by atoms with Gasteiger partial charge in [0.15, 0.2) is 0 Å². The maximum atomic E-state index is 5.84. The van der Waals surface area contributed by atoms with Crippen LogP contribution in [0.3, 0.4) is 0 Å². The van der Waals surface area contributed by atoms with Crippen molar-refractivity contribution in [3.8, 4) is 0 Å². The van der Waals surface area contributed by atoms with Crippen LogP contribution in [0.2, 0.25) is 0 Å². The molecule has 0 aliphatic rings. The molecule has 3 N–H and O–H groups in total. The van der Waals surface area contributed by atoms with Crippen LogP contribution in [0, 0.1) is 13.8 Å². The lowest BCUT2D eigenvalue weighted by Gasteiger charge is -2.06. The van der Waals surface area contributed by atoms with E-state index in [1.807, 2.05) is 32.0 Å². The van der Waals surface area contributed by atoms with E-state index in [9.17, 15) is 0 Å². The first-order valence-corrected chi connectivity index (χ1v) is 6.04. The molecule has 0 unspecified atom stereocenters. The summed E-state index contributed by atoms with van der Waals surface area (Å²) in [6.07, 6.45) is 0. The maximum absolute atomic E-state index is 5.84. The fourth-order valence-electron chi connectivity index (χ4n) is 1.41. The van der Waals surface area contributed by atoms with E-state index < -0.39 is 0 Å². The van der Waals surface area contributed by atoms with Crippen molar-refractivity contribution in [3.05, 3.63) is 39.8 Å². The molecule has 0 atom stereocenters. The van der Waals surface area contributed by atoms with Gasteiger partial charge in [-0.25, -0.2) is 4.98 Å². The Morgan fingerprint density at radius 2 is 2.19 bits per heavy atom. The molecule has 2 rings (SSSR count). The van der Waals surface area contributed by atoms with Crippen molar-refractivity contribution < 1.29 is 0 Å². The van der Waals surface area contributed by atoms with Gasteiger partial charge in [0.1, 0.15) is 5.01 Å². The molecule has 0 saturated carbocycles. The topological polar surface area (TPSA) is 50.9 Å². The highest BCUT2D eigenvalue weighted by atomic mass is 32.1. The highest BCUT2D eigenvalue weighted by molar-refractivity contribution is 7.09. The first-order valence-electron chi connectivity index (χ1n) is 5.16. The minimum atomic E-state index is 0.751. The Hall–Kier alpha value is -1.55. The van der Waals surface area contributed by atoms with Crippen LogP contribution in [0.5, 0.6) is 0 Å². The fraction of sp³-hybridized carbons (Fsp3) is 0.250. The molecule has 0 radical (unpaired) electrons. The molecule has 0 spiro atoms. The molecule has 0 amide bonds. The number of aryl methyl sites for hydroxylation is 2. The molecule has 2 aromatic rings. The van der Waals surface area contributed by atoms with Crippen LogP contribution in [0.15, 0.2) is 23.6 Å². The van der Waals surface area contributed by atoms with Crippen molar-refractivity contribution in [2.75, 3.05) is 11.1 Å². The summed E-state index contributed by atoms with van der Waals surface area (Å²) in [5, 5.41) is 6.46. The van der Waals surface area contributed by atoms with Crippen molar-refractivity contribution in [1.82, 2.24) is 4.98 Å². The minimum absolute atomic E-state index is 0.751. The number of benzene rings is 1. The quantitative estimate of drug-likeness (QED) is 0.801. The molecule has 3 nitrogen and oxygen atoms in total. The van der Waals surface area contributed by atoms with Gasteiger partial charge >= 0.3 is 0 Å². The monoisotopic (exact) mass is 233 g/mol. The largest absolute Gasteiger partial charge is 0.398 e. The van der Waals surface area contributed by atoms with Gasteiger partial charge in [-0.3, -0.25) is 0 Å². The van der Waals surface area contributed by atoms with Gasteiger partial charge in [-0.2, -0.15) is 0 Å². The van der Waals surface area contributed by atoms with Crippen LogP contribution in [-0.4, -0.2) is 4.98 Å². The van der Waals surface area contributed by atoms with Gasteiger partial charge in [-0.1, -0.05) is 6.07 Å². The first-order chi connectivity index (χ1) is 7.65. The smallest absolute Gasteiger partial charge is 0.112 e. The predicted octanol–water partition coefficient (Wildman–Crippen LogP) is 2.95. The molecule has 84 valence electrons. The molecule has 4 heteroatoms. The highest BCUT2D eigenvalue weighted by Crippen LogP contribution is 2.18. The number of hydrogen-bond donors (Lipinski definition) is 2. The second-order valence-electron chi connectivity index (χ2n) is 3.81. The zero-order valence-electron chi connectivity index (χ0n) is 9.45. The molecule has 1 heterocycles. The summed E-state index contributed by atoms with van der Waals surface area (Å²) >= 11 is 1.67. The third kappa shape index (κ3) is 2.52. The van der Waals surface area contributed by atoms with Crippen LogP contribution < -0.4 is 11.1 Å². The van der Waals surface area contributed by atoms with Gasteiger partial charge in [0, 0.05) is 22.4 Å². The number of nitrogens with one attached hydrogen (secondary N) is 1. The molecule has 0 bridgehead atoms. The van der Waals surface area contributed by atoms with Gasteiger partial charge < -0.3 is 11.1 Å². The molecular formula is C12H15N3S. The van der Waals surface area contributed by atoms with E-state index in [1.165, 1.54) is 0 Å². The summed E-state index contributed by atoms with van der Waals surface area (Å²) in [5.41, 5.74) is 9.88. The average Bonchev–Trinajstić information content (AvgIpc) is 2.66. The van der Waals surface area contributed by atoms with E-state index in [4.69, 9.17) is 5.73 Å². The Morgan fingerprint density at radius 1 is 1.38 bits per heavy atom. The molecule has 0 saturated heterocycles. The molecule has 0 aliphatic heterocycles. The summed E-state index contributed by atoms with van der Waals surface area (Å²) in [7, 11) is 0. The highest BCUT2D eigenvalue weighted by Gasteiger charge is 2.00. The summed E-state index contributed by atoms with van der Waals surface area (Å²) in [4.78, 5) is 4.39. The maximum Gasteiger partial charge on any atom is 0.112 e. The Labute approximate surface area is 99.3 Å². The standard InChI is InChI=1S/C12H15N3S/c1-8-3-4-10(5-11(8)13)14-6-12-15-9(2)7-16-12/h3-5,7,14H,6,13H2,1-2H3. The Morgan fingerprint density at radius 3 is 2.81 bits per heavy atom. The fourth-order valence-corrected chi connectivity index (χ4v) is 2.12. The first kappa shape index (κ1) is 11.0. The van der Waals surface area contributed by atoms with Gasteiger partial charge in [0.05, 0.1) is 6.54 Å². The third-order valence-electron chi connectivity index (χ3n) is 2.39. The van der Waals surface area contributed by atoms with Crippen LogP contribution in [-0.2, 0) is 6.54 Å². The van der Waals surface area contributed by atoms with Gasteiger partial charge in [0.2, 0.25) is 0 Å². The SMILES string of the molecule is Cc1csc(CNc2ccc(C)c(N)c2)n1. The second-order valence-corrected chi connectivity index (χ2v) is 4.75. The van der Waals surface area contributed by atoms with E-state index in [0.717, 1.165) is 34.2 Å². The number of hydrogen-bond acceptors (Lipinski definition) is 4. The molecule has 1 aromatic heterocycles. The lowest BCUT2D eigenvalue weighted by molar-refractivity contribution is 1.08. The number of anilines is 2. The van der Waals surface area contributed by atoms with E-state index in [-0.39, 0.29) is 0 Å². The Bertz CT molecular complexity index is 491. The molecule has 0 fully saturated rings. The molecular weight excluding hydrogens is 218 g/mol. The van der Waals surface area contributed by atoms with Crippen molar-refractivity contribution in [1.29, 1.82) is 0 Å². The predicted molar refractivity (Wildman–Crippen MR) is 69.8 cm³/mol. The van der Waals surface area contributed by atoms with Crippen LogP contribution in [0.1, 0.15) is 16.3 Å².